The average molecular weight is 330 g/mol. The van der Waals surface area contributed by atoms with Gasteiger partial charge in [-0.05, 0) is 83.5 Å². The highest BCUT2D eigenvalue weighted by Crippen LogP contribution is 2.65. The molecule has 0 amide bonds. The van der Waals surface area contributed by atoms with Gasteiger partial charge in [-0.15, -0.1) is 0 Å². The summed E-state index contributed by atoms with van der Waals surface area (Å²) in [6, 6.07) is 0. The smallest absolute Gasteiger partial charge is 0.359 e. The first kappa shape index (κ1) is 17.0. The fraction of sp³-hybridized carbons (Fsp3) is 1.00. The average Bonchev–Trinajstić information content (AvgIpc) is 2.34. The molecule has 0 unspecified atom stereocenters. The number of rotatable bonds is 6. The minimum atomic E-state index is -3.49. The number of aliphatic hydroxyl groups excluding tert-OH is 1. The molecule has 128 valence electrons. The minimum absolute atomic E-state index is 0.0936. The maximum absolute atomic E-state index is 13.3. The minimum Gasteiger partial charge on any atom is -0.380 e. The Bertz CT molecular complexity index is 406. The molecule has 4 saturated carbocycles. The van der Waals surface area contributed by atoms with Crippen molar-refractivity contribution in [3.63, 3.8) is 0 Å². The standard InChI is InChI=1S/C17H31O4P/c1-10(2)20-22(19,21-11(3)4)17(18)16-14-6-12-5-13(8-14)9-15(16)7-12/h10-18H,5-9H2,1-4H3/t12?,13?,14?,15?,16?,17-/m0/s1. The van der Waals surface area contributed by atoms with Crippen LogP contribution in [0, 0.1) is 29.6 Å². The van der Waals surface area contributed by atoms with E-state index < -0.39 is 13.4 Å². The third-order valence-corrected chi connectivity index (χ3v) is 8.11. The maximum Gasteiger partial charge on any atom is 0.359 e. The fourth-order valence-corrected chi connectivity index (χ4v) is 7.79. The zero-order valence-corrected chi connectivity index (χ0v) is 15.2. The van der Waals surface area contributed by atoms with Crippen LogP contribution >= 0.6 is 7.60 Å². The summed E-state index contributed by atoms with van der Waals surface area (Å²) in [5.74, 6) is 1.81. The highest BCUT2D eigenvalue weighted by Gasteiger charge is 2.55. The lowest BCUT2D eigenvalue weighted by atomic mass is 9.52. The van der Waals surface area contributed by atoms with Gasteiger partial charge >= 0.3 is 7.60 Å². The summed E-state index contributed by atoms with van der Waals surface area (Å²) in [4.78, 5) is 0. The first-order valence-electron chi connectivity index (χ1n) is 8.93. The van der Waals surface area contributed by atoms with E-state index in [9.17, 15) is 9.67 Å². The van der Waals surface area contributed by atoms with Gasteiger partial charge < -0.3 is 14.2 Å². The second-order valence-corrected chi connectivity index (χ2v) is 10.3. The molecule has 0 aromatic heterocycles. The fourth-order valence-electron chi connectivity index (χ4n) is 5.40. The van der Waals surface area contributed by atoms with E-state index in [-0.39, 0.29) is 18.1 Å². The van der Waals surface area contributed by atoms with E-state index in [0.29, 0.717) is 11.8 Å². The van der Waals surface area contributed by atoms with E-state index >= 15 is 0 Å². The molecule has 1 atom stereocenters. The Balaban J connectivity index is 1.81. The summed E-state index contributed by atoms with van der Waals surface area (Å²) in [6.45, 7) is 7.39. The predicted molar refractivity (Wildman–Crippen MR) is 86.6 cm³/mol. The summed E-state index contributed by atoms with van der Waals surface area (Å²) < 4.78 is 24.6. The van der Waals surface area contributed by atoms with Crippen molar-refractivity contribution < 1.29 is 18.7 Å². The Morgan fingerprint density at radius 1 is 0.864 bits per heavy atom. The third-order valence-electron chi connectivity index (χ3n) is 5.68. The van der Waals surface area contributed by atoms with Gasteiger partial charge in [0.15, 0.2) is 5.85 Å². The van der Waals surface area contributed by atoms with Gasteiger partial charge in [0.25, 0.3) is 0 Å². The molecule has 0 aromatic carbocycles. The summed E-state index contributed by atoms with van der Waals surface area (Å²) in [7, 11) is -3.49. The largest absolute Gasteiger partial charge is 0.380 e. The molecular weight excluding hydrogens is 299 g/mol. The second-order valence-electron chi connectivity index (χ2n) is 8.27. The summed E-state index contributed by atoms with van der Waals surface area (Å²) in [5, 5.41) is 11.0. The van der Waals surface area contributed by atoms with Gasteiger partial charge in [-0.1, -0.05) is 0 Å². The van der Waals surface area contributed by atoms with Crippen LogP contribution in [0.25, 0.3) is 0 Å². The highest BCUT2D eigenvalue weighted by molar-refractivity contribution is 7.54. The molecule has 4 aliphatic rings. The quantitative estimate of drug-likeness (QED) is 0.733. The zero-order chi connectivity index (χ0) is 16.1. The topological polar surface area (TPSA) is 55.8 Å². The van der Waals surface area contributed by atoms with Crippen LogP contribution in [0.3, 0.4) is 0 Å². The van der Waals surface area contributed by atoms with Crippen LogP contribution in [0.1, 0.15) is 59.8 Å². The van der Waals surface area contributed by atoms with E-state index in [0.717, 1.165) is 11.8 Å². The van der Waals surface area contributed by atoms with Gasteiger partial charge in [0.2, 0.25) is 0 Å². The summed E-state index contributed by atoms with van der Waals surface area (Å²) in [6.07, 6.45) is 5.72. The van der Waals surface area contributed by atoms with E-state index in [1.54, 1.807) is 0 Å². The van der Waals surface area contributed by atoms with Crippen LogP contribution in [-0.2, 0) is 13.6 Å². The lowest BCUT2D eigenvalue weighted by Crippen LogP contribution is -2.49. The van der Waals surface area contributed by atoms with Crippen molar-refractivity contribution in [2.24, 2.45) is 29.6 Å². The van der Waals surface area contributed by atoms with Crippen LogP contribution in [0.15, 0.2) is 0 Å². The third kappa shape index (κ3) is 3.17. The van der Waals surface area contributed by atoms with Crippen LogP contribution in [-0.4, -0.2) is 23.2 Å². The Morgan fingerprint density at radius 2 is 1.27 bits per heavy atom. The number of hydrogen-bond acceptors (Lipinski definition) is 4. The van der Waals surface area contributed by atoms with Gasteiger partial charge in [-0.25, -0.2) is 0 Å². The van der Waals surface area contributed by atoms with Crippen molar-refractivity contribution in [1.82, 2.24) is 0 Å². The van der Waals surface area contributed by atoms with E-state index in [1.807, 2.05) is 27.7 Å². The molecule has 0 spiro atoms. The van der Waals surface area contributed by atoms with Crippen LogP contribution in [0.5, 0.6) is 0 Å². The van der Waals surface area contributed by atoms with Crippen LogP contribution < -0.4 is 0 Å². The molecule has 4 fully saturated rings. The summed E-state index contributed by atoms with van der Waals surface area (Å²) in [5.41, 5.74) is 0. The normalized spacial score (nSPS) is 39.0. The molecule has 4 aliphatic carbocycles. The van der Waals surface area contributed by atoms with E-state index in [4.69, 9.17) is 9.05 Å². The Kier molecular flexibility index (Phi) is 4.78. The highest BCUT2D eigenvalue weighted by atomic mass is 31.2. The van der Waals surface area contributed by atoms with Crippen molar-refractivity contribution >= 4 is 7.60 Å². The van der Waals surface area contributed by atoms with E-state index in [2.05, 4.69) is 0 Å². The summed E-state index contributed by atoms with van der Waals surface area (Å²) >= 11 is 0. The van der Waals surface area contributed by atoms with Crippen molar-refractivity contribution in [2.45, 2.75) is 77.9 Å². The molecule has 0 aromatic rings. The molecule has 0 heterocycles. The lowest BCUT2D eigenvalue weighted by molar-refractivity contribution is -0.0768. The number of aliphatic hydroxyl groups is 1. The SMILES string of the molecule is CC(C)OP(=O)(OC(C)C)[C@H](O)C1C2CC3CC(C2)CC1C3. The van der Waals surface area contributed by atoms with Crippen LogP contribution in [0.2, 0.25) is 0 Å². The number of hydrogen-bond donors (Lipinski definition) is 1. The van der Waals surface area contributed by atoms with Gasteiger partial charge in [0, 0.05) is 5.92 Å². The van der Waals surface area contributed by atoms with Crippen molar-refractivity contribution in [3.8, 4) is 0 Å². The van der Waals surface area contributed by atoms with Gasteiger partial charge in [0.1, 0.15) is 0 Å². The molecule has 22 heavy (non-hydrogen) atoms. The van der Waals surface area contributed by atoms with Gasteiger partial charge in [-0.2, -0.15) is 0 Å². The molecule has 0 aliphatic heterocycles. The predicted octanol–water partition coefficient (Wildman–Crippen LogP) is 4.42. The Hall–Kier alpha value is 0.110. The molecular formula is C17H31O4P. The molecule has 4 bridgehead atoms. The molecule has 0 saturated heterocycles. The monoisotopic (exact) mass is 330 g/mol. The first-order chi connectivity index (χ1) is 10.3. The molecule has 5 heteroatoms. The first-order valence-corrected chi connectivity index (χ1v) is 10.5. The zero-order valence-electron chi connectivity index (χ0n) is 14.3. The lowest BCUT2D eigenvalue weighted by Gasteiger charge is -2.55. The van der Waals surface area contributed by atoms with Gasteiger partial charge in [-0.3, -0.25) is 4.57 Å². The van der Waals surface area contributed by atoms with Gasteiger partial charge in [0.05, 0.1) is 12.2 Å². The molecule has 1 N–H and O–H groups in total. The van der Waals surface area contributed by atoms with E-state index in [1.165, 1.54) is 32.1 Å². The molecule has 4 rings (SSSR count). The Labute approximate surface area is 134 Å². The van der Waals surface area contributed by atoms with Crippen LogP contribution in [0.4, 0.5) is 0 Å². The maximum atomic E-state index is 13.3. The van der Waals surface area contributed by atoms with Crippen molar-refractivity contribution in [2.75, 3.05) is 0 Å². The Morgan fingerprint density at radius 3 is 1.64 bits per heavy atom. The molecule has 0 radical (unpaired) electrons. The second kappa shape index (κ2) is 6.20. The van der Waals surface area contributed by atoms with Crippen molar-refractivity contribution in [3.05, 3.63) is 0 Å². The molecule has 4 nitrogen and oxygen atoms in total. The van der Waals surface area contributed by atoms with Crippen molar-refractivity contribution in [1.29, 1.82) is 0 Å².